The zero-order valence-corrected chi connectivity index (χ0v) is 17.6. The first-order valence-corrected chi connectivity index (χ1v) is 10.6. The van der Waals surface area contributed by atoms with Crippen LogP contribution in [0.1, 0.15) is 17.0 Å². The van der Waals surface area contributed by atoms with Crippen LogP contribution in [0, 0.1) is 12.8 Å². The number of carbonyl (C=O) groups is 3. The maximum absolute atomic E-state index is 12.7. The number of carboxylic acid groups (broad SMARTS) is 1. The fraction of sp³-hybridized carbons (Fsp3) is 0.273. The summed E-state index contributed by atoms with van der Waals surface area (Å²) in [6, 6.07) is 10.6. The Hall–Kier alpha value is -3.46. The smallest absolute Gasteiger partial charge is 0.326 e. The number of hydrogen-bond donors (Lipinski definition) is 3. The minimum atomic E-state index is -1.16. The van der Waals surface area contributed by atoms with Gasteiger partial charge in [0.2, 0.25) is 11.8 Å². The quantitative estimate of drug-likeness (QED) is 0.543. The molecule has 0 aliphatic carbocycles. The molecule has 1 aliphatic heterocycles. The van der Waals surface area contributed by atoms with Crippen molar-refractivity contribution in [2.75, 3.05) is 11.4 Å². The summed E-state index contributed by atoms with van der Waals surface area (Å²) in [5.41, 5.74) is 2.15. The summed E-state index contributed by atoms with van der Waals surface area (Å²) in [5.74, 6) is -2.37. The summed E-state index contributed by atoms with van der Waals surface area (Å²) in [4.78, 5) is 42.9. The highest BCUT2D eigenvalue weighted by Crippen LogP contribution is 2.30. The summed E-state index contributed by atoms with van der Waals surface area (Å²) in [6.07, 6.45) is 0.0943. The van der Waals surface area contributed by atoms with E-state index in [-0.39, 0.29) is 31.0 Å². The number of phenolic OH excluding ortho intramolecular Hbond substituents is 1. The minimum Gasteiger partial charge on any atom is -0.508 e. The second-order valence-electron chi connectivity index (χ2n) is 7.56. The molecule has 0 spiro atoms. The van der Waals surface area contributed by atoms with Crippen molar-refractivity contribution in [3.63, 3.8) is 0 Å². The number of aryl methyl sites for hydroxylation is 1. The molecule has 2 unspecified atom stereocenters. The molecule has 2 amide bonds. The maximum atomic E-state index is 12.7. The Balaban J connectivity index is 1.44. The number of aliphatic carboxylic acids is 1. The van der Waals surface area contributed by atoms with Crippen LogP contribution >= 0.6 is 11.3 Å². The molecule has 2 atom stereocenters. The Kier molecular flexibility index (Phi) is 5.60. The maximum Gasteiger partial charge on any atom is 0.326 e. The van der Waals surface area contributed by atoms with E-state index in [9.17, 15) is 24.6 Å². The third-order valence-electron chi connectivity index (χ3n) is 5.28. The van der Waals surface area contributed by atoms with Crippen LogP contribution in [0.3, 0.4) is 0 Å². The normalized spacial score (nSPS) is 17.1. The molecule has 0 saturated carbocycles. The van der Waals surface area contributed by atoms with Gasteiger partial charge >= 0.3 is 5.97 Å². The summed E-state index contributed by atoms with van der Waals surface area (Å²) in [6.45, 7) is 2.10. The number of nitrogens with one attached hydrogen (secondary N) is 1. The van der Waals surface area contributed by atoms with Gasteiger partial charge in [0.1, 0.15) is 11.8 Å². The highest BCUT2D eigenvalue weighted by atomic mass is 32.1. The number of nitrogens with zero attached hydrogens (tertiary/aromatic N) is 2. The second kappa shape index (κ2) is 8.35. The number of benzene rings is 2. The van der Waals surface area contributed by atoms with Gasteiger partial charge in [0, 0.05) is 25.1 Å². The van der Waals surface area contributed by atoms with Crippen molar-refractivity contribution < 1.29 is 24.6 Å². The van der Waals surface area contributed by atoms with Crippen LogP contribution in [0.2, 0.25) is 0 Å². The summed E-state index contributed by atoms with van der Waals surface area (Å²) < 4.78 is 1.03. The van der Waals surface area contributed by atoms with Crippen LogP contribution < -0.4 is 10.2 Å². The number of phenols is 1. The third kappa shape index (κ3) is 4.51. The van der Waals surface area contributed by atoms with E-state index in [0.29, 0.717) is 11.3 Å². The Morgan fingerprint density at radius 3 is 2.71 bits per heavy atom. The van der Waals surface area contributed by atoms with Crippen LogP contribution in [0.5, 0.6) is 5.75 Å². The van der Waals surface area contributed by atoms with Crippen molar-refractivity contribution in [1.82, 2.24) is 10.3 Å². The minimum absolute atomic E-state index is 0.0194. The van der Waals surface area contributed by atoms with E-state index in [1.54, 1.807) is 28.4 Å². The van der Waals surface area contributed by atoms with Gasteiger partial charge in [-0.3, -0.25) is 9.59 Å². The molecule has 1 aromatic heterocycles. The summed E-state index contributed by atoms with van der Waals surface area (Å²) >= 11 is 1.57. The van der Waals surface area contributed by atoms with Gasteiger partial charge in [0.25, 0.3) is 0 Å². The first-order valence-electron chi connectivity index (χ1n) is 9.79. The molecular weight excluding hydrogens is 418 g/mol. The number of carbonyl (C=O) groups excluding carboxylic acids is 2. The fourth-order valence-corrected chi connectivity index (χ4v) is 4.50. The van der Waals surface area contributed by atoms with Gasteiger partial charge in [-0.05, 0) is 42.8 Å². The van der Waals surface area contributed by atoms with Gasteiger partial charge < -0.3 is 20.4 Å². The number of amides is 2. The molecule has 1 aliphatic rings. The van der Waals surface area contributed by atoms with Gasteiger partial charge in [0.15, 0.2) is 0 Å². The van der Waals surface area contributed by atoms with E-state index in [2.05, 4.69) is 10.3 Å². The number of rotatable bonds is 6. The van der Waals surface area contributed by atoms with Crippen LogP contribution in [0.15, 0.2) is 42.5 Å². The lowest BCUT2D eigenvalue weighted by atomic mass is 10.0. The molecule has 3 aromatic rings. The Labute approximate surface area is 182 Å². The third-order valence-corrected chi connectivity index (χ3v) is 6.23. The van der Waals surface area contributed by atoms with Gasteiger partial charge in [-0.1, -0.05) is 12.1 Å². The average Bonchev–Trinajstić information content (AvgIpc) is 3.29. The number of hydrogen-bond acceptors (Lipinski definition) is 6. The monoisotopic (exact) mass is 439 g/mol. The molecule has 4 rings (SSSR count). The SMILES string of the molecule is Cc1nc2cc(N3CC(C(=O)NC(Cc4ccc(O)cc4)C(=O)O)CC3=O)ccc2s1. The van der Waals surface area contributed by atoms with Crippen molar-refractivity contribution >= 4 is 45.0 Å². The Morgan fingerprint density at radius 2 is 2.00 bits per heavy atom. The Bertz CT molecular complexity index is 1160. The first kappa shape index (κ1) is 20.8. The predicted molar refractivity (Wildman–Crippen MR) is 116 cm³/mol. The van der Waals surface area contributed by atoms with Crippen molar-refractivity contribution in [3.05, 3.63) is 53.0 Å². The lowest BCUT2D eigenvalue weighted by Crippen LogP contribution is -2.45. The standard InChI is InChI=1S/C22H21N3O5S/c1-12-23-17-10-15(4-7-19(17)31-12)25-11-14(9-20(25)27)21(28)24-18(22(29)30)8-13-2-5-16(26)6-3-13/h2-7,10,14,18,26H,8-9,11H2,1H3,(H,24,28)(H,29,30). The van der Waals surface area contributed by atoms with Crippen molar-refractivity contribution in [1.29, 1.82) is 0 Å². The molecule has 8 nitrogen and oxygen atoms in total. The molecule has 1 fully saturated rings. The summed E-state index contributed by atoms with van der Waals surface area (Å²) in [5, 5.41) is 22.4. The van der Waals surface area contributed by atoms with Gasteiger partial charge in [-0.25, -0.2) is 9.78 Å². The second-order valence-corrected chi connectivity index (χ2v) is 8.80. The molecule has 0 bridgehead atoms. The predicted octanol–water partition coefficient (Wildman–Crippen LogP) is 2.48. The van der Waals surface area contributed by atoms with Crippen LogP contribution in [-0.4, -0.2) is 45.6 Å². The highest BCUT2D eigenvalue weighted by Gasteiger charge is 2.36. The molecule has 2 heterocycles. The van der Waals surface area contributed by atoms with E-state index in [4.69, 9.17) is 0 Å². The van der Waals surface area contributed by atoms with E-state index in [1.807, 2.05) is 25.1 Å². The van der Waals surface area contributed by atoms with Crippen LogP contribution in [-0.2, 0) is 20.8 Å². The van der Waals surface area contributed by atoms with E-state index < -0.39 is 23.8 Å². The molecule has 2 aromatic carbocycles. The molecule has 160 valence electrons. The number of anilines is 1. The molecule has 1 saturated heterocycles. The van der Waals surface area contributed by atoms with Crippen molar-refractivity contribution in [3.8, 4) is 5.75 Å². The number of thiazole rings is 1. The van der Waals surface area contributed by atoms with Crippen LogP contribution in [0.25, 0.3) is 10.2 Å². The molecule has 0 radical (unpaired) electrons. The van der Waals surface area contributed by atoms with Crippen molar-refractivity contribution in [2.24, 2.45) is 5.92 Å². The first-order chi connectivity index (χ1) is 14.8. The Morgan fingerprint density at radius 1 is 1.26 bits per heavy atom. The van der Waals surface area contributed by atoms with E-state index in [1.165, 1.54) is 12.1 Å². The van der Waals surface area contributed by atoms with Gasteiger partial charge in [-0.2, -0.15) is 0 Å². The number of aromatic hydroxyl groups is 1. The average molecular weight is 439 g/mol. The molecule has 9 heteroatoms. The highest BCUT2D eigenvalue weighted by molar-refractivity contribution is 7.18. The fourth-order valence-electron chi connectivity index (χ4n) is 3.69. The molecule has 31 heavy (non-hydrogen) atoms. The van der Waals surface area contributed by atoms with Crippen molar-refractivity contribution in [2.45, 2.75) is 25.8 Å². The van der Waals surface area contributed by atoms with Crippen LogP contribution in [0.4, 0.5) is 5.69 Å². The largest absolute Gasteiger partial charge is 0.508 e. The zero-order valence-electron chi connectivity index (χ0n) is 16.7. The number of fused-ring (bicyclic) bond motifs is 1. The summed E-state index contributed by atoms with van der Waals surface area (Å²) in [7, 11) is 0. The van der Waals surface area contributed by atoms with E-state index in [0.717, 1.165) is 15.2 Å². The number of carboxylic acids is 1. The zero-order chi connectivity index (χ0) is 22.1. The van der Waals surface area contributed by atoms with Gasteiger partial charge in [0.05, 0.1) is 21.1 Å². The molecular formula is C22H21N3O5S. The van der Waals surface area contributed by atoms with Gasteiger partial charge in [-0.15, -0.1) is 11.3 Å². The van der Waals surface area contributed by atoms with E-state index >= 15 is 0 Å². The molecule has 3 N–H and O–H groups in total. The lowest BCUT2D eigenvalue weighted by Gasteiger charge is -2.19. The topological polar surface area (TPSA) is 120 Å². The lowest BCUT2D eigenvalue weighted by molar-refractivity contribution is -0.142. The number of aromatic nitrogens is 1.